The molecule has 0 aliphatic rings. The van der Waals surface area contributed by atoms with E-state index in [1.165, 1.54) is 0 Å². The van der Waals surface area contributed by atoms with Crippen LogP contribution in [0.15, 0.2) is 52.3 Å². The molecule has 3 N–H and O–H groups in total. The van der Waals surface area contributed by atoms with Crippen molar-refractivity contribution in [2.24, 2.45) is 5.73 Å². The molecule has 9 heteroatoms. The summed E-state index contributed by atoms with van der Waals surface area (Å²) in [5.41, 5.74) is 5.30. The molecule has 1 aromatic carbocycles. The fraction of sp³-hybridized carbons (Fsp3) is 0.200. The Hall–Kier alpha value is -2.16. The molecule has 0 saturated heterocycles. The molecule has 1 heterocycles. The highest BCUT2D eigenvalue weighted by Crippen LogP contribution is 2.19. The second kappa shape index (κ2) is 7.61. The lowest BCUT2D eigenvalue weighted by atomic mass is 10.2. The van der Waals surface area contributed by atoms with Gasteiger partial charge < -0.3 is 10.7 Å². The van der Waals surface area contributed by atoms with E-state index in [9.17, 15) is 18.0 Å². The van der Waals surface area contributed by atoms with Crippen molar-refractivity contribution in [3.05, 3.63) is 63.5 Å². The topological polar surface area (TPSA) is 113 Å². The van der Waals surface area contributed by atoms with Gasteiger partial charge in [-0.2, -0.15) is 4.31 Å². The van der Waals surface area contributed by atoms with E-state index in [-0.39, 0.29) is 29.4 Å². The van der Waals surface area contributed by atoms with E-state index in [2.05, 4.69) is 4.98 Å². The number of benzene rings is 1. The minimum Gasteiger partial charge on any atom is -0.370 e. The van der Waals surface area contributed by atoms with Gasteiger partial charge in [0, 0.05) is 25.7 Å². The standard InChI is InChI=1S/C15H16ClN3O4S/c16-13-8-12(9-18-15(13)21)24(22,23)19(7-6-14(17)20)10-11-4-2-1-3-5-11/h1-5,8-9H,6-7,10H2,(H2,17,20)(H,18,21). The first-order chi connectivity index (χ1) is 11.3. The third kappa shape index (κ3) is 4.44. The summed E-state index contributed by atoms with van der Waals surface area (Å²) in [6.45, 7) is -0.0174. The Morgan fingerprint density at radius 3 is 2.50 bits per heavy atom. The van der Waals surface area contributed by atoms with Crippen LogP contribution >= 0.6 is 11.6 Å². The molecule has 0 radical (unpaired) electrons. The summed E-state index contributed by atoms with van der Waals surface area (Å²) in [4.78, 5) is 24.5. The Balaban J connectivity index is 2.37. The van der Waals surface area contributed by atoms with Crippen molar-refractivity contribution in [1.82, 2.24) is 9.29 Å². The zero-order valence-corrected chi connectivity index (χ0v) is 14.2. The lowest BCUT2D eigenvalue weighted by Crippen LogP contribution is -2.34. The van der Waals surface area contributed by atoms with E-state index in [0.29, 0.717) is 0 Å². The number of halogens is 1. The third-order valence-corrected chi connectivity index (χ3v) is 5.38. The molecule has 2 rings (SSSR count). The van der Waals surface area contributed by atoms with Gasteiger partial charge in [0.15, 0.2) is 0 Å². The SMILES string of the molecule is NC(=O)CCN(Cc1ccccc1)S(=O)(=O)c1c[nH]c(=O)c(Cl)c1. The molecule has 1 amide bonds. The van der Waals surface area contributed by atoms with Crippen molar-refractivity contribution < 1.29 is 13.2 Å². The summed E-state index contributed by atoms with van der Waals surface area (Å²) < 4.78 is 26.7. The number of nitrogens with zero attached hydrogens (tertiary/aromatic N) is 1. The quantitative estimate of drug-likeness (QED) is 0.760. The number of primary amides is 1. The molecule has 7 nitrogen and oxygen atoms in total. The summed E-state index contributed by atoms with van der Waals surface area (Å²) in [7, 11) is -3.96. The van der Waals surface area contributed by atoms with E-state index >= 15 is 0 Å². The van der Waals surface area contributed by atoms with Crippen LogP contribution in [0.4, 0.5) is 0 Å². The number of sulfonamides is 1. The second-order valence-corrected chi connectivity index (χ2v) is 7.40. The number of hydrogen-bond donors (Lipinski definition) is 2. The van der Waals surface area contributed by atoms with Gasteiger partial charge >= 0.3 is 0 Å². The zero-order valence-electron chi connectivity index (χ0n) is 12.6. The van der Waals surface area contributed by atoms with Gasteiger partial charge in [0.1, 0.15) is 5.02 Å². The number of aromatic nitrogens is 1. The number of nitrogens with two attached hydrogens (primary N) is 1. The van der Waals surface area contributed by atoms with Crippen LogP contribution in [0.3, 0.4) is 0 Å². The normalized spacial score (nSPS) is 11.6. The molecule has 0 unspecified atom stereocenters. The smallest absolute Gasteiger partial charge is 0.266 e. The minimum absolute atomic E-state index is 0.0627. The number of carbonyl (C=O) groups excluding carboxylic acids is 1. The maximum atomic E-state index is 12.8. The predicted octanol–water partition coefficient (Wildman–Crippen LogP) is 1.09. The predicted molar refractivity (Wildman–Crippen MR) is 89.9 cm³/mol. The van der Waals surface area contributed by atoms with Crippen molar-refractivity contribution >= 4 is 27.5 Å². The maximum Gasteiger partial charge on any atom is 0.266 e. The largest absolute Gasteiger partial charge is 0.370 e. The number of H-pyrrole nitrogens is 1. The van der Waals surface area contributed by atoms with E-state index in [1.807, 2.05) is 6.07 Å². The molecule has 0 spiro atoms. The van der Waals surface area contributed by atoms with Crippen LogP contribution in [0.25, 0.3) is 0 Å². The van der Waals surface area contributed by atoms with Gasteiger partial charge in [-0.15, -0.1) is 0 Å². The molecule has 2 aromatic rings. The van der Waals surface area contributed by atoms with Crippen LogP contribution in [0.2, 0.25) is 5.02 Å². The molecule has 0 aliphatic heterocycles. The molecule has 0 fully saturated rings. The van der Waals surface area contributed by atoms with Gasteiger partial charge in [-0.05, 0) is 11.6 Å². The summed E-state index contributed by atoms with van der Waals surface area (Å²) in [6, 6.07) is 10.0. The average Bonchev–Trinajstić information content (AvgIpc) is 2.54. The molecule has 24 heavy (non-hydrogen) atoms. The highest BCUT2D eigenvalue weighted by Gasteiger charge is 2.26. The first-order valence-electron chi connectivity index (χ1n) is 7.01. The Bertz CT molecular complexity index is 881. The van der Waals surface area contributed by atoms with E-state index < -0.39 is 21.5 Å². The Kier molecular flexibility index (Phi) is 5.76. The summed E-state index contributed by atoms with van der Waals surface area (Å²) in [6.07, 6.45) is 0.953. The first kappa shape index (κ1) is 18.2. The van der Waals surface area contributed by atoms with Crippen LogP contribution in [-0.2, 0) is 21.4 Å². The Labute approximate surface area is 144 Å². The van der Waals surface area contributed by atoms with Crippen LogP contribution in [-0.4, -0.2) is 30.2 Å². The van der Waals surface area contributed by atoms with E-state index in [4.69, 9.17) is 17.3 Å². The molecule has 128 valence electrons. The van der Waals surface area contributed by atoms with Crippen LogP contribution in [0.1, 0.15) is 12.0 Å². The van der Waals surface area contributed by atoms with Crippen LogP contribution in [0, 0.1) is 0 Å². The van der Waals surface area contributed by atoms with Gasteiger partial charge in [-0.3, -0.25) is 9.59 Å². The van der Waals surface area contributed by atoms with Crippen LogP contribution in [0.5, 0.6) is 0 Å². The number of rotatable bonds is 7. The monoisotopic (exact) mass is 369 g/mol. The molecule has 0 saturated carbocycles. The van der Waals surface area contributed by atoms with Gasteiger partial charge in [0.05, 0.1) is 4.90 Å². The summed E-state index contributed by atoms with van der Waals surface area (Å²) in [5.74, 6) is -0.609. The van der Waals surface area contributed by atoms with Crippen molar-refractivity contribution in [2.75, 3.05) is 6.54 Å². The van der Waals surface area contributed by atoms with Gasteiger partial charge in [-0.25, -0.2) is 8.42 Å². The number of carbonyl (C=O) groups is 1. The number of hydrogen-bond acceptors (Lipinski definition) is 4. The third-order valence-electron chi connectivity index (χ3n) is 3.28. The molecule has 0 atom stereocenters. The maximum absolute atomic E-state index is 12.8. The summed E-state index contributed by atoms with van der Waals surface area (Å²) >= 11 is 5.71. The lowest BCUT2D eigenvalue weighted by molar-refractivity contribution is -0.118. The highest BCUT2D eigenvalue weighted by atomic mass is 35.5. The van der Waals surface area contributed by atoms with Crippen molar-refractivity contribution in [3.63, 3.8) is 0 Å². The van der Waals surface area contributed by atoms with Gasteiger partial charge in [0.2, 0.25) is 15.9 Å². The zero-order chi connectivity index (χ0) is 17.7. The molecule has 0 aliphatic carbocycles. The van der Waals surface area contributed by atoms with Gasteiger partial charge in [-0.1, -0.05) is 41.9 Å². The number of pyridine rings is 1. The average molecular weight is 370 g/mol. The fourth-order valence-electron chi connectivity index (χ4n) is 2.04. The van der Waals surface area contributed by atoms with E-state index in [0.717, 1.165) is 22.1 Å². The van der Waals surface area contributed by atoms with E-state index in [1.54, 1.807) is 24.3 Å². The fourth-order valence-corrected chi connectivity index (χ4v) is 3.70. The number of nitrogens with one attached hydrogen (secondary N) is 1. The molecule has 1 aromatic heterocycles. The lowest BCUT2D eigenvalue weighted by Gasteiger charge is -2.21. The highest BCUT2D eigenvalue weighted by molar-refractivity contribution is 7.89. The Morgan fingerprint density at radius 2 is 1.92 bits per heavy atom. The Morgan fingerprint density at radius 1 is 1.25 bits per heavy atom. The van der Waals surface area contributed by atoms with Gasteiger partial charge in [0.25, 0.3) is 5.56 Å². The molecular formula is C15H16ClN3O4S. The number of amides is 1. The minimum atomic E-state index is -3.96. The first-order valence-corrected chi connectivity index (χ1v) is 8.83. The van der Waals surface area contributed by atoms with Crippen molar-refractivity contribution in [1.29, 1.82) is 0 Å². The number of aromatic amines is 1. The molecular weight excluding hydrogens is 354 g/mol. The molecule has 0 bridgehead atoms. The summed E-state index contributed by atoms with van der Waals surface area (Å²) in [5, 5.41) is -0.231. The van der Waals surface area contributed by atoms with Crippen molar-refractivity contribution in [2.45, 2.75) is 17.9 Å². The van der Waals surface area contributed by atoms with Crippen molar-refractivity contribution in [3.8, 4) is 0 Å². The van der Waals surface area contributed by atoms with Crippen LogP contribution < -0.4 is 11.3 Å². The second-order valence-electron chi connectivity index (χ2n) is 5.05.